The maximum Gasteiger partial charge on any atom is 0.0640 e. The lowest BCUT2D eigenvalue weighted by Gasteiger charge is -2.22. The molecule has 0 bridgehead atoms. The second kappa shape index (κ2) is 4.77. The van der Waals surface area contributed by atoms with Crippen LogP contribution in [0.15, 0.2) is 6.20 Å². The summed E-state index contributed by atoms with van der Waals surface area (Å²) in [5.74, 6) is 0. The van der Waals surface area contributed by atoms with Crippen LogP contribution in [-0.2, 0) is 17.8 Å². The minimum absolute atomic E-state index is 0.0945. The Balaban J connectivity index is 2.58. The molecule has 0 aromatic carbocycles. The van der Waals surface area contributed by atoms with Crippen molar-refractivity contribution < 1.29 is 4.74 Å². The summed E-state index contributed by atoms with van der Waals surface area (Å²) in [6.07, 6.45) is 2.95. The maximum absolute atomic E-state index is 5.59. The monoisotopic (exact) mass is 211 g/mol. The molecule has 0 amide bonds. The number of methoxy groups -OCH3 is 1. The first-order valence-corrected chi connectivity index (χ1v) is 5.26. The van der Waals surface area contributed by atoms with Crippen molar-refractivity contribution in [1.82, 2.24) is 9.78 Å². The van der Waals surface area contributed by atoms with Crippen molar-refractivity contribution >= 4 is 0 Å². The Labute approximate surface area is 91.4 Å². The Hall–Kier alpha value is -0.870. The molecule has 1 aromatic heterocycles. The SMILES string of the molecule is COC(C)(C)CCn1cc(CN)c(C)n1. The van der Waals surface area contributed by atoms with Crippen molar-refractivity contribution in [2.75, 3.05) is 7.11 Å². The lowest BCUT2D eigenvalue weighted by molar-refractivity contribution is 0.0113. The number of rotatable bonds is 5. The first-order chi connectivity index (χ1) is 6.98. The fourth-order valence-electron chi connectivity index (χ4n) is 1.36. The van der Waals surface area contributed by atoms with Gasteiger partial charge in [-0.15, -0.1) is 0 Å². The van der Waals surface area contributed by atoms with Crippen LogP contribution in [0.3, 0.4) is 0 Å². The molecule has 86 valence electrons. The van der Waals surface area contributed by atoms with Crippen molar-refractivity contribution in [2.24, 2.45) is 5.73 Å². The summed E-state index contributed by atoms with van der Waals surface area (Å²) in [6.45, 7) is 7.56. The van der Waals surface area contributed by atoms with Crippen molar-refractivity contribution in [3.05, 3.63) is 17.5 Å². The lowest BCUT2D eigenvalue weighted by Crippen LogP contribution is -2.24. The maximum atomic E-state index is 5.59. The van der Waals surface area contributed by atoms with Gasteiger partial charge in [-0.2, -0.15) is 5.10 Å². The van der Waals surface area contributed by atoms with E-state index in [0.29, 0.717) is 6.54 Å². The van der Waals surface area contributed by atoms with Gasteiger partial charge in [0.15, 0.2) is 0 Å². The minimum atomic E-state index is -0.0945. The average molecular weight is 211 g/mol. The topological polar surface area (TPSA) is 53.1 Å². The van der Waals surface area contributed by atoms with Crippen LogP contribution in [0, 0.1) is 6.92 Å². The lowest BCUT2D eigenvalue weighted by atomic mass is 10.1. The van der Waals surface area contributed by atoms with Crippen LogP contribution in [-0.4, -0.2) is 22.5 Å². The van der Waals surface area contributed by atoms with E-state index in [4.69, 9.17) is 10.5 Å². The molecule has 4 heteroatoms. The summed E-state index contributed by atoms with van der Waals surface area (Å²) < 4.78 is 7.30. The predicted molar refractivity (Wildman–Crippen MR) is 60.6 cm³/mol. The zero-order chi connectivity index (χ0) is 11.5. The molecule has 0 unspecified atom stereocenters. The molecule has 0 atom stereocenters. The molecule has 2 N–H and O–H groups in total. The van der Waals surface area contributed by atoms with E-state index < -0.39 is 0 Å². The van der Waals surface area contributed by atoms with E-state index in [0.717, 1.165) is 24.2 Å². The molecule has 0 aliphatic heterocycles. The molecular weight excluding hydrogens is 190 g/mol. The number of hydrogen-bond donors (Lipinski definition) is 1. The van der Waals surface area contributed by atoms with Crippen molar-refractivity contribution in [3.63, 3.8) is 0 Å². The van der Waals surface area contributed by atoms with E-state index in [9.17, 15) is 0 Å². The summed E-state index contributed by atoms with van der Waals surface area (Å²) in [7, 11) is 1.74. The highest BCUT2D eigenvalue weighted by Gasteiger charge is 2.16. The van der Waals surface area contributed by atoms with E-state index in [1.54, 1.807) is 7.11 Å². The van der Waals surface area contributed by atoms with E-state index in [1.165, 1.54) is 0 Å². The number of ether oxygens (including phenoxy) is 1. The Morgan fingerprint density at radius 2 is 2.20 bits per heavy atom. The Morgan fingerprint density at radius 3 is 2.67 bits per heavy atom. The Kier molecular flexibility index (Phi) is 3.88. The molecule has 4 nitrogen and oxygen atoms in total. The molecule has 1 rings (SSSR count). The fraction of sp³-hybridized carbons (Fsp3) is 0.727. The van der Waals surface area contributed by atoms with Gasteiger partial charge < -0.3 is 10.5 Å². The zero-order valence-corrected chi connectivity index (χ0v) is 10.1. The number of aryl methyl sites for hydroxylation is 2. The Morgan fingerprint density at radius 1 is 1.53 bits per heavy atom. The standard InChI is InChI=1S/C11H21N3O/c1-9-10(7-12)8-14(13-9)6-5-11(2,3)15-4/h8H,5-7,12H2,1-4H3. The van der Waals surface area contributed by atoms with E-state index in [-0.39, 0.29) is 5.60 Å². The molecule has 0 spiro atoms. The number of hydrogen-bond acceptors (Lipinski definition) is 3. The van der Waals surface area contributed by atoms with E-state index in [2.05, 4.69) is 18.9 Å². The van der Waals surface area contributed by atoms with Gasteiger partial charge in [-0.05, 0) is 27.2 Å². The summed E-state index contributed by atoms with van der Waals surface area (Å²) in [5, 5.41) is 4.40. The van der Waals surface area contributed by atoms with Gasteiger partial charge in [0, 0.05) is 32.0 Å². The van der Waals surface area contributed by atoms with Crippen molar-refractivity contribution in [2.45, 2.75) is 45.9 Å². The zero-order valence-electron chi connectivity index (χ0n) is 10.1. The molecule has 0 saturated carbocycles. The van der Waals surface area contributed by atoms with Crippen LogP contribution in [0.2, 0.25) is 0 Å². The molecule has 0 fully saturated rings. The second-order valence-corrected chi connectivity index (χ2v) is 4.42. The number of nitrogens with two attached hydrogens (primary N) is 1. The first-order valence-electron chi connectivity index (χ1n) is 5.26. The third kappa shape index (κ3) is 3.32. The first kappa shape index (κ1) is 12.2. The second-order valence-electron chi connectivity index (χ2n) is 4.42. The van der Waals surface area contributed by atoms with Crippen LogP contribution in [0.25, 0.3) is 0 Å². The van der Waals surface area contributed by atoms with E-state index >= 15 is 0 Å². The number of nitrogens with zero attached hydrogens (tertiary/aromatic N) is 2. The molecule has 1 aromatic rings. The molecule has 0 radical (unpaired) electrons. The van der Waals surface area contributed by atoms with Gasteiger partial charge in [0.05, 0.1) is 11.3 Å². The highest BCUT2D eigenvalue weighted by atomic mass is 16.5. The normalized spacial score (nSPS) is 12.1. The van der Waals surface area contributed by atoms with Gasteiger partial charge in [-0.3, -0.25) is 4.68 Å². The molecule has 0 saturated heterocycles. The largest absolute Gasteiger partial charge is 0.379 e. The summed E-state index contributed by atoms with van der Waals surface area (Å²) in [5.41, 5.74) is 7.64. The van der Waals surface area contributed by atoms with Gasteiger partial charge in [0.1, 0.15) is 0 Å². The molecule has 0 aliphatic rings. The molecule has 15 heavy (non-hydrogen) atoms. The van der Waals surface area contributed by atoms with Crippen LogP contribution < -0.4 is 5.73 Å². The van der Waals surface area contributed by atoms with Gasteiger partial charge in [-0.1, -0.05) is 0 Å². The van der Waals surface area contributed by atoms with Crippen LogP contribution >= 0.6 is 0 Å². The third-order valence-corrected chi connectivity index (χ3v) is 2.76. The van der Waals surface area contributed by atoms with Crippen molar-refractivity contribution in [3.8, 4) is 0 Å². The summed E-state index contributed by atoms with van der Waals surface area (Å²) >= 11 is 0. The highest BCUT2D eigenvalue weighted by molar-refractivity contribution is 5.14. The van der Waals surface area contributed by atoms with Gasteiger partial charge in [-0.25, -0.2) is 0 Å². The Bertz CT molecular complexity index is 318. The summed E-state index contributed by atoms with van der Waals surface area (Å²) in [4.78, 5) is 0. The average Bonchev–Trinajstić information content (AvgIpc) is 2.56. The smallest absolute Gasteiger partial charge is 0.0640 e. The third-order valence-electron chi connectivity index (χ3n) is 2.76. The van der Waals surface area contributed by atoms with Crippen LogP contribution in [0.4, 0.5) is 0 Å². The molecular formula is C11H21N3O. The predicted octanol–water partition coefficient (Wildman–Crippen LogP) is 1.47. The molecule has 1 heterocycles. The molecule has 0 aliphatic carbocycles. The van der Waals surface area contributed by atoms with E-state index in [1.807, 2.05) is 17.8 Å². The summed E-state index contributed by atoms with van der Waals surface area (Å²) in [6, 6.07) is 0. The van der Waals surface area contributed by atoms with Gasteiger partial charge in [0.25, 0.3) is 0 Å². The van der Waals surface area contributed by atoms with Crippen LogP contribution in [0.1, 0.15) is 31.5 Å². The number of aromatic nitrogens is 2. The van der Waals surface area contributed by atoms with Crippen molar-refractivity contribution in [1.29, 1.82) is 0 Å². The van der Waals surface area contributed by atoms with Crippen LogP contribution in [0.5, 0.6) is 0 Å². The highest BCUT2D eigenvalue weighted by Crippen LogP contribution is 2.14. The fourth-order valence-corrected chi connectivity index (χ4v) is 1.36. The van der Waals surface area contributed by atoms with Gasteiger partial charge >= 0.3 is 0 Å². The van der Waals surface area contributed by atoms with Gasteiger partial charge in [0.2, 0.25) is 0 Å². The quantitative estimate of drug-likeness (QED) is 0.802. The minimum Gasteiger partial charge on any atom is -0.379 e.